The number of aliphatic carboxylic acids is 2. The van der Waals surface area contributed by atoms with Gasteiger partial charge in [0, 0.05) is 9.65 Å². The van der Waals surface area contributed by atoms with Crippen LogP contribution in [0.4, 0.5) is 0 Å². The summed E-state index contributed by atoms with van der Waals surface area (Å²) in [7, 11) is 0. The summed E-state index contributed by atoms with van der Waals surface area (Å²) in [4.78, 5) is 21.0. The summed E-state index contributed by atoms with van der Waals surface area (Å²) in [6, 6.07) is 0. The van der Waals surface area contributed by atoms with Gasteiger partial charge in [0.15, 0.2) is 0 Å². The quantitative estimate of drug-likeness (QED) is 0.756. The number of carbonyl (C=O) groups is 2. The maximum absolute atomic E-state index is 10.8. The lowest BCUT2D eigenvalue weighted by atomic mass is 9.82. The molecule has 0 bridgehead atoms. The molecule has 1 saturated carbocycles. The SMILES string of the molecule is O=C(O)C1CC(Br)C(C(=O)O)C(Br)C1. The highest BCUT2D eigenvalue weighted by atomic mass is 79.9. The van der Waals surface area contributed by atoms with Crippen molar-refractivity contribution in [1.29, 1.82) is 0 Å². The minimum Gasteiger partial charge on any atom is -0.481 e. The van der Waals surface area contributed by atoms with Crippen molar-refractivity contribution >= 4 is 43.8 Å². The number of carboxylic acids is 2. The molecule has 2 unspecified atom stereocenters. The Morgan fingerprint density at radius 3 is 1.71 bits per heavy atom. The van der Waals surface area contributed by atoms with Gasteiger partial charge in [0.2, 0.25) is 0 Å². The molecule has 1 aliphatic rings. The predicted molar refractivity (Wildman–Crippen MR) is 56.9 cm³/mol. The molecule has 1 rings (SSSR count). The second kappa shape index (κ2) is 4.61. The standard InChI is InChI=1S/C8H10Br2O4/c9-4-1-3(7(11)12)2-5(10)6(4)8(13)14/h3-6H,1-2H2,(H,11,12)(H,13,14). The van der Waals surface area contributed by atoms with Crippen LogP contribution in [0.15, 0.2) is 0 Å². The van der Waals surface area contributed by atoms with E-state index in [1.807, 2.05) is 0 Å². The van der Waals surface area contributed by atoms with Gasteiger partial charge in [-0.15, -0.1) is 0 Å². The fourth-order valence-corrected chi connectivity index (χ4v) is 4.17. The minimum absolute atomic E-state index is 0.278. The Bertz CT molecular complexity index is 244. The number of alkyl halides is 2. The van der Waals surface area contributed by atoms with Crippen molar-refractivity contribution < 1.29 is 19.8 Å². The lowest BCUT2D eigenvalue weighted by molar-refractivity contribution is -0.147. The van der Waals surface area contributed by atoms with Crippen molar-refractivity contribution in [1.82, 2.24) is 0 Å². The van der Waals surface area contributed by atoms with Crippen LogP contribution in [0, 0.1) is 11.8 Å². The van der Waals surface area contributed by atoms with E-state index in [4.69, 9.17) is 10.2 Å². The summed E-state index contributed by atoms with van der Waals surface area (Å²) >= 11 is 6.46. The number of halogens is 2. The molecule has 14 heavy (non-hydrogen) atoms. The lowest BCUT2D eigenvalue weighted by Gasteiger charge is -2.32. The van der Waals surface area contributed by atoms with Gasteiger partial charge in [-0.05, 0) is 12.8 Å². The van der Waals surface area contributed by atoms with E-state index in [-0.39, 0.29) is 9.65 Å². The van der Waals surface area contributed by atoms with E-state index in [1.165, 1.54) is 0 Å². The smallest absolute Gasteiger partial charge is 0.308 e. The topological polar surface area (TPSA) is 74.6 Å². The monoisotopic (exact) mass is 328 g/mol. The number of carboxylic acid groups (broad SMARTS) is 2. The largest absolute Gasteiger partial charge is 0.481 e. The Balaban J connectivity index is 2.72. The Hall–Kier alpha value is -0.100. The van der Waals surface area contributed by atoms with Gasteiger partial charge in [0.05, 0.1) is 11.8 Å². The summed E-state index contributed by atoms with van der Waals surface area (Å²) in [6.07, 6.45) is 0.739. The molecule has 2 N–H and O–H groups in total. The molecule has 0 aliphatic heterocycles. The molecule has 1 aliphatic carbocycles. The van der Waals surface area contributed by atoms with Crippen LogP contribution in [-0.4, -0.2) is 31.8 Å². The first-order valence-electron chi connectivity index (χ1n) is 4.17. The summed E-state index contributed by atoms with van der Waals surface area (Å²) < 4.78 is 0. The highest BCUT2D eigenvalue weighted by Gasteiger charge is 2.41. The van der Waals surface area contributed by atoms with Gasteiger partial charge >= 0.3 is 11.9 Å². The van der Waals surface area contributed by atoms with Crippen LogP contribution in [0.5, 0.6) is 0 Å². The third-order valence-electron chi connectivity index (χ3n) is 2.43. The van der Waals surface area contributed by atoms with Crippen molar-refractivity contribution in [2.24, 2.45) is 11.8 Å². The summed E-state index contributed by atoms with van der Waals surface area (Å²) in [6.45, 7) is 0. The third kappa shape index (κ3) is 2.48. The van der Waals surface area contributed by atoms with Gasteiger partial charge in [-0.25, -0.2) is 0 Å². The van der Waals surface area contributed by atoms with Gasteiger partial charge in [0.1, 0.15) is 0 Å². The van der Waals surface area contributed by atoms with Gasteiger partial charge in [0.25, 0.3) is 0 Å². The van der Waals surface area contributed by atoms with Crippen LogP contribution in [0.25, 0.3) is 0 Å². The molecule has 80 valence electrons. The van der Waals surface area contributed by atoms with Crippen molar-refractivity contribution in [3.63, 3.8) is 0 Å². The number of hydrogen-bond acceptors (Lipinski definition) is 2. The summed E-state index contributed by atoms with van der Waals surface area (Å²) in [5, 5.41) is 17.7. The number of rotatable bonds is 2. The highest BCUT2D eigenvalue weighted by molar-refractivity contribution is 9.10. The fraction of sp³-hybridized carbons (Fsp3) is 0.750. The maximum atomic E-state index is 10.8. The summed E-state index contributed by atoms with van der Waals surface area (Å²) in [5.74, 6) is -2.76. The van der Waals surface area contributed by atoms with E-state index in [9.17, 15) is 9.59 Å². The average Bonchev–Trinajstić information content (AvgIpc) is 2.01. The molecule has 0 aromatic carbocycles. The lowest BCUT2D eigenvalue weighted by Crippen LogP contribution is -2.41. The molecular weight excluding hydrogens is 320 g/mol. The Morgan fingerprint density at radius 2 is 1.43 bits per heavy atom. The molecule has 6 heteroatoms. The molecule has 0 saturated heterocycles. The van der Waals surface area contributed by atoms with E-state index in [0.29, 0.717) is 12.8 Å². The maximum Gasteiger partial charge on any atom is 0.308 e. The van der Waals surface area contributed by atoms with Crippen LogP contribution in [0.1, 0.15) is 12.8 Å². The van der Waals surface area contributed by atoms with Gasteiger partial charge in [-0.2, -0.15) is 0 Å². The molecule has 0 radical (unpaired) electrons. The average molecular weight is 330 g/mol. The first-order chi connectivity index (χ1) is 6.43. The first-order valence-corrected chi connectivity index (χ1v) is 6.00. The Morgan fingerprint density at radius 1 is 1.00 bits per heavy atom. The van der Waals surface area contributed by atoms with Crippen molar-refractivity contribution in [3.05, 3.63) is 0 Å². The zero-order chi connectivity index (χ0) is 10.9. The van der Waals surface area contributed by atoms with Crippen LogP contribution in [0.3, 0.4) is 0 Å². The zero-order valence-electron chi connectivity index (χ0n) is 7.19. The van der Waals surface area contributed by atoms with Crippen LogP contribution in [-0.2, 0) is 9.59 Å². The molecule has 0 heterocycles. The molecule has 2 atom stereocenters. The first kappa shape index (κ1) is 12.0. The molecule has 0 aromatic rings. The fourth-order valence-electron chi connectivity index (χ4n) is 1.67. The van der Waals surface area contributed by atoms with Crippen molar-refractivity contribution in [2.45, 2.75) is 22.5 Å². The van der Waals surface area contributed by atoms with Crippen LogP contribution >= 0.6 is 31.9 Å². The second-order valence-corrected chi connectivity index (χ2v) is 5.75. The zero-order valence-corrected chi connectivity index (χ0v) is 10.4. The normalized spacial score (nSPS) is 37.9. The second-order valence-electron chi connectivity index (χ2n) is 3.40. The molecule has 0 aromatic heterocycles. The van der Waals surface area contributed by atoms with Crippen molar-refractivity contribution in [2.75, 3.05) is 0 Å². The van der Waals surface area contributed by atoms with E-state index in [0.717, 1.165) is 0 Å². The van der Waals surface area contributed by atoms with Gasteiger partial charge < -0.3 is 10.2 Å². The van der Waals surface area contributed by atoms with Crippen molar-refractivity contribution in [3.8, 4) is 0 Å². The molecular formula is C8H10Br2O4. The van der Waals surface area contributed by atoms with Crippen LogP contribution in [0.2, 0.25) is 0 Å². The molecule has 4 nitrogen and oxygen atoms in total. The predicted octanol–water partition coefficient (Wildman–Crippen LogP) is 1.71. The minimum atomic E-state index is -0.891. The number of hydrogen-bond donors (Lipinski definition) is 2. The Labute approximate surface area is 97.9 Å². The Kier molecular flexibility index (Phi) is 3.94. The highest BCUT2D eigenvalue weighted by Crippen LogP contribution is 2.38. The van der Waals surface area contributed by atoms with E-state index in [2.05, 4.69) is 31.9 Å². The third-order valence-corrected chi connectivity index (χ3v) is 4.32. The van der Waals surface area contributed by atoms with Gasteiger partial charge in [-0.3, -0.25) is 9.59 Å². The summed E-state index contributed by atoms with van der Waals surface area (Å²) in [5.41, 5.74) is 0. The van der Waals surface area contributed by atoms with Crippen LogP contribution < -0.4 is 0 Å². The van der Waals surface area contributed by atoms with E-state index >= 15 is 0 Å². The molecule has 0 amide bonds. The molecule has 1 fully saturated rings. The van der Waals surface area contributed by atoms with E-state index in [1.54, 1.807) is 0 Å². The van der Waals surface area contributed by atoms with Gasteiger partial charge in [-0.1, -0.05) is 31.9 Å². The van der Waals surface area contributed by atoms with E-state index < -0.39 is 23.8 Å². The molecule has 0 spiro atoms.